The van der Waals surface area contributed by atoms with Crippen molar-refractivity contribution in [2.45, 2.75) is 25.0 Å². The zero-order chi connectivity index (χ0) is 19.9. The monoisotopic (exact) mass is 417 g/mol. The number of sulfonamides is 1. The number of rotatable bonds is 4. The van der Waals surface area contributed by atoms with Crippen LogP contribution in [0.5, 0.6) is 0 Å². The largest absolute Gasteiger partial charge is 0.369 e. The smallest absolute Gasteiger partial charge is 0.252 e. The van der Waals surface area contributed by atoms with Crippen molar-refractivity contribution in [3.8, 4) is 11.3 Å². The Bertz CT molecular complexity index is 1090. The van der Waals surface area contributed by atoms with E-state index in [9.17, 15) is 8.42 Å². The zero-order valence-corrected chi connectivity index (χ0v) is 17.8. The average molecular weight is 418 g/mol. The van der Waals surface area contributed by atoms with E-state index in [0.29, 0.717) is 36.1 Å². The maximum Gasteiger partial charge on any atom is 0.252 e. The van der Waals surface area contributed by atoms with Crippen LogP contribution in [0.1, 0.15) is 16.8 Å². The fraction of sp³-hybridized carbons (Fsp3) is 0.350. The first-order valence-electron chi connectivity index (χ1n) is 9.19. The highest BCUT2D eigenvalue weighted by molar-refractivity contribution is 7.91. The Morgan fingerprint density at radius 2 is 1.79 bits per heavy atom. The van der Waals surface area contributed by atoms with Gasteiger partial charge in [-0.1, -0.05) is 17.3 Å². The summed E-state index contributed by atoms with van der Waals surface area (Å²) in [6.07, 6.45) is 0. The predicted octanol–water partition coefficient (Wildman–Crippen LogP) is 3.84. The summed E-state index contributed by atoms with van der Waals surface area (Å²) in [5.41, 5.74) is 5.14. The molecule has 28 heavy (non-hydrogen) atoms. The molecule has 148 valence electrons. The van der Waals surface area contributed by atoms with E-state index < -0.39 is 10.0 Å². The van der Waals surface area contributed by atoms with Gasteiger partial charge in [0.25, 0.3) is 10.0 Å². The standard InChI is InChI=1S/C20H23N3O3S2/c1-14-4-5-15(2)18(10-14)22-6-8-23(9-7-22)28(24,25)20-12-17(13-27-20)19-11-16(3)21-26-19/h4-5,10-13H,6-9H2,1-3H3. The molecule has 0 N–H and O–H groups in total. The van der Waals surface area contributed by atoms with Crippen molar-refractivity contribution in [1.29, 1.82) is 0 Å². The minimum atomic E-state index is -3.50. The number of thiophene rings is 1. The summed E-state index contributed by atoms with van der Waals surface area (Å²) in [7, 11) is -3.50. The van der Waals surface area contributed by atoms with E-state index in [0.717, 1.165) is 11.3 Å². The van der Waals surface area contributed by atoms with Crippen molar-refractivity contribution in [3.63, 3.8) is 0 Å². The van der Waals surface area contributed by atoms with E-state index in [4.69, 9.17) is 4.52 Å². The number of aryl methyl sites for hydroxylation is 3. The van der Waals surface area contributed by atoms with Gasteiger partial charge in [0.2, 0.25) is 0 Å². The SMILES string of the molecule is Cc1ccc(C)c(N2CCN(S(=O)(=O)c3cc(-c4cc(C)no4)cs3)CC2)c1. The third kappa shape index (κ3) is 3.59. The van der Waals surface area contributed by atoms with Gasteiger partial charge in [-0.15, -0.1) is 11.3 Å². The molecule has 0 bridgehead atoms. The molecule has 3 aromatic rings. The molecule has 4 rings (SSSR count). The molecule has 1 aliphatic heterocycles. The summed E-state index contributed by atoms with van der Waals surface area (Å²) >= 11 is 1.22. The van der Waals surface area contributed by atoms with Gasteiger partial charge in [-0.25, -0.2) is 8.42 Å². The highest BCUT2D eigenvalue weighted by Crippen LogP contribution is 2.31. The van der Waals surface area contributed by atoms with Crippen LogP contribution >= 0.6 is 11.3 Å². The first-order chi connectivity index (χ1) is 13.3. The average Bonchev–Trinajstić information content (AvgIpc) is 3.33. The molecular weight excluding hydrogens is 394 g/mol. The molecule has 3 heterocycles. The van der Waals surface area contributed by atoms with E-state index in [1.165, 1.54) is 28.2 Å². The lowest BCUT2D eigenvalue weighted by Crippen LogP contribution is -2.48. The Morgan fingerprint density at radius 3 is 2.46 bits per heavy atom. The van der Waals surface area contributed by atoms with E-state index in [1.54, 1.807) is 21.8 Å². The molecule has 2 aromatic heterocycles. The normalized spacial score (nSPS) is 15.9. The second-order valence-corrected chi connectivity index (χ2v) is 10.2. The van der Waals surface area contributed by atoms with Crippen molar-refractivity contribution in [2.75, 3.05) is 31.1 Å². The Labute approximate surface area is 169 Å². The van der Waals surface area contributed by atoms with E-state index in [1.807, 2.05) is 6.92 Å². The molecule has 8 heteroatoms. The first kappa shape index (κ1) is 19.2. The zero-order valence-electron chi connectivity index (χ0n) is 16.2. The van der Waals surface area contributed by atoms with Crippen LogP contribution in [0.2, 0.25) is 0 Å². The number of anilines is 1. The van der Waals surface area contributed by atoms with E-state index >= 15 is 0 Å². The summed E-state index contributed by atoms with van der Waals surface area (Å²) in [5.74, 6) is 0.593. The molecule has 0 unspecified atom stereocenters. The molecule has 0 amide bonds. The highest BCUT2D eigenvalue weighted by Gasteiger charge is 2.30. The lowest BCUT2D eigenvalue weighted by Gasteiger charge is -2.36. The Kier molecular flexibility index (Phi) is 5.03. The van der Waals surface area contributed by atoms with Crippen molar-refractivity contribution < 1.29 is 12.9 Å². The second kappa shape index (κ2) is 7.35. The summed E-state index contributed by atoms with van der Waals surface area (Å²) in [6, 6.07) is 9.87. The van der Waals surface area contributed by atoms with Crippen LogP contribution in [0.4, 0.5) is 5.69 Å². The van der Waals surface area contributed by atoms with Crippen molar-refractivity contribution >= 4 is 27.0 Å². The van der Waals surface area contributed by atoms with Crippen LogP contribution in [0.25, 0.3) is 11.3 Å². The van der Waals surface area contributed by atoms with Gasteiger partial charge < -0.3 is 9.42 Å². The van der Waals surface area contributed by atoms with Gasteiger partial charge in [-0.05, 0) is 44.0 Å². The van der Waals surface area contributed by atoms with Crippen molar-refractivity contribution in [3.05, 3.63) is 52.5 Å². The summed E-state index contributed by atoms with van der Waals surface area (Å²) in [6.45, 7) is 8.33. The summed E-state index contributed by atoms with van der Waals surface area (Å²) < 4.78 is 33.3. The van der Waals surface area contributed by atoms with Crippen molar-refractivity contribution in [1.82, 2.24) is 9.46 Å². The van der Waals surface area contributed by atoms with Gasteiger partial charge in [-0.2, -0.15) is 4.31 Å². The van der Waals surface area contributed by atoms with Gasteiger partial charge in [0.15, 0.2) is 5.76 Å². The fourth-order valence-corrected chi connectivity index (χ4v) is 6.18. The molecule has 0 saturated carbocycles. The lowest BCUT2D eigenvalue weighted by atomic mass is 10.1. The maximum absolute atomic E-state index is 13.1. The van der Waals surface area contributed by atoms with E-state index in [2.05, 4.69) is 42.1 Å². The topological polar surface area (TPSA) is 66.7 Å². The minimum absolute atomic E-state index is 0.344. The van der Waals surface area contributed by atoms with Crippen molar-refractivity contribution in [2.24, 2.45) is 0 Å². The third-order valence-corrected chi connectivity index (χ3v) is 8.34. The van der Waals surface area contributed by atoms with Gasteiger partial charge in [0.1, 0.15) is 4.21 Å². The van der Waals surface area contributed by atoms with Gasteiger partial charge >= 0.3 is 0 Å². The highest BCUT2D eigenvalue weighted by atomic mass is 32.2. The Morgan fingerprint density at radius 1 is 1.04 bits per heavy atom. The van der Waals surface area contributed by atoms with E-state index in [-0.39, 0.29) is 0 Å². The van der Waals surface area contributed by atoms with Crippen LogP contribution < -0.4 is 4.90 Å². The van der Waals surface area contributed by atoms with Crippen LogP contribution in [0, 0.1) is 20.8 Å². The summed E-state index contributed by atoms with van der Waals surface area (Å²) in [4.78, 5) is 2.27. The minimum Gasteiger partial charge on any atom is -0.369 e. The quantitative estimate of drug-likeness (QED) is 0.645. The van der Waals surface area contributed by atoms with Gasteiger partial charge in [-0.3, -0.25) is 0 Å². The van der Waals surface area contributed by atoms with Crippen LogP contribution in [-0.2, 0) is 10.0 Å². The number of aromatic nitrogens is 1. The number of hydrogen-bond acceptors (Lipinski definition) is 6. The van der Waals surface area contributed by atoms with Crippen LogP contribution in [0.3, 0.4) is 0 Å². The molecule has 6 nitrogen and oxygen atoms in total. The number of hydrogen-bond donors (Lipinski definition) is 0. The van der Waals surface area contributed by atoms with Gasteiger partial charge in [0, 0.05) is 48.9 Å². The molecule has 0 spiro atoms. The van der Waals surface area contributed by atoms with Gasteiger partial charge in [0.05, 0.1) is 5.69 Å². The molecule has 0 aliphatic carbocycles. The predicted molar refractivity (Wildman–Crippen MR) is 111 cm³/mol. The molecule has 1 saturated heterocycles. The maximum atomic E-state index is 13.1. The molecule has 1 fully saturated rings. The number of piperazine rings is 1. The molecule has 1 aliphatic rings. The number of benzene rings is 1. The number of nitrogens with zero attached hydrogens (tertiary/aromatic N) is 3. The first-order valence-corrected chi connectivity index (χ1v) is 11.5. The molecule has 0 radical (unpaired) electrons. The summed E-state index contributed by atoms with van der Waals surface area (Å²) in [5, 5.41) is 5.67. The molecule has 0 atom stereocenters. The lowest BCUT2D eigenvalue weighted by molar-refractivity contribution is 0.385. The molecular formula is C20H23N3O3S2. The third-order valence-electron chi connectivity index (χ3n) is 5.03. The fourth-order valence-electron chi connectivity index (χ4n) is 3.44. The van der Waals surface area contributed by atoms with Crippen LogP contribution in [0.15, 0.2) is 44.4 Å². The Hall–Kier alpha value is -2.16. The Balaban J connectivity index is 1.49. The van der Waals surface area contributed by atoms with Crippen LogP contribution in [-0.4, -0.2) is 44.1 Å². The second-order valence-electron chi connectivity index (χ2n) is 7.17. The molecule has 1 aromatic carbocycles.